The van der Waals surface area contributed by atoms with Gasteiger partial charge in [0.05, 0.1) is 24.5 Å². The van der Waals surface area contributed by atoms with Crippen LogP contribution in [0.2, 0.25) is 0 Å². The van der Waals surface area contributed by atoms with Gasteiger partial charge in [0.1, 0.15) is 0 Å². The summed E-state index contributed by atoms with van der Waals surface area (Å²) < 4.78 is 7.46. The minimum absolute atomic E-state index is 0.291. The molecular weight excluding hydrogens is 292 g/mol. The largest absolute Gasteiger partial charge is 0.381 e. The number of rotatable bonds is 4. The van der Waals surface area contributed by atoms with E-state index < -0.39 is 0 Å². The Labute approximate surface area is 137 Å². The normalized spacial score (nSPS) is 22.7. The fourth-order valence-electron chi connectivity index (χ4n) is 3.66. The second-order valence-corrected chi connectivity index (χ2v) is 7.01. The summed E-state index contributed by atoms with van der Waals surface area (Å²) in [5, 5.41) is 8.27. The Morgan fingerprint density at radius 1 is 1.26 bits per heavy atom. The summed E-state index contributed by atoms with van der Waals surface area (Å²) >= 11 is 0. The molecule has 4 rings (SSSR count). The Morgan fingerprint density at radius 3 is 2.83 bits per heavy atom. The van der Waals surface area contributed by atoms with Crippen LogP contribution in [0.15, 0.2) is 6.07 Å². The standard InChI is InChI=1S/C17H26N4O2/c22-17(13-2-1-3-13)20-6-7-21-16(12-20)10-15(19-21)11-18-14-4-8-23-9-5-14/h10,13-14,18H,1-9,11-12H2. The van der Waals surface area contributed by atoms with Gasteiger partial charge in [0.25, 0.3) is 0 Å². The van der Waals surface area contributed by atoms with Gasteiger partial charge in [0.2, 0.25) is 5.91 Å². The van der Waals surface area contributed by atoms with Crippen molar-refractivity contribution >= 4 is 5.91 Å². The smallest absolute Gasteiger partial charge is 0.226 e. The van der Waals surface area contributed by atoms with E-state index in [4.69, 9.17) is 9.84 Å². The van der Waals surface area contributed by atoms with Crippen molar-refractivity contribution in [3.05, 3.63) is 17.5 Å². The number of ether oxygens (including phenoxy) is 1. The Bertz CT molecular complexity index is 561. The molecule has 23 heavy (non-hydrogen) atoms. The van der Waals surface area contributed by atoms with Gasteiger partial charge in [-0.1, -0.05) is 6.42 Å². The number of amides is 1. The third kappa shape index (κ3) is 3.28. The SMILES string of the molecule is O=C(C1CCC1)N1CCn2nc(CNC3CCOCC3)cc2C1. The van der Waals surface area contributed by atoms with Gasteiger partial charge in [0.15, 0.2) is 0 Å². The van der Waals surface area contributed by atoms with Crippen LogP contribution in [-0.4, -0.2) is 46.4 Å². The molecule has 3 heterocycles. The first-order valence-electron chi connectivity index (χ1n) is 8.95. The fraction of sp³-hybridized carbons (Fsp3) is 0.765. The van der Waals surface area contributed by atoms with Crippen LogP contribution < -0.4 is 5.32 Å². The molecule has 0 spiro atoms. The number of carbonyl (C=O) groups is 1. The van der Waals surface area contributed by atoms with Crippen molar-refractivity contribution in [1.82, 2.24) is 20.0 Å². The summed E-state index contributed by atoms with van der Waals surface area (Å²) in [7, 11) is 0. The molecule has 1 saturated heterocycles. The van der Waals surface area contributed by atoms with Crippen LogP contribution in [0.3, 0.4) is 0 Å². The number of nitrogens with one attached hydrogen (secondary N) is 1. The van der Waals surface area contributed by atoms with Crippen molar-refractivity contribution < 1.29 is 9.53 Å². The second-order valence-electron chi connectivity index (χ2n) is 7.01. The van der Waals surface area contributed by atoms with Crippen molar-refractivity contribution in [1.29, 1.82) is 0 Å². The summed E-state index contributed by atoms with van der Waals surface area (Å²) in [6.07, 6.45) is 5.53. The van der Waals surface area contributed by atoms with Crippen molar-refractivity contribution in [2.75, 3.05) is 19.8 Å². The molecule has 2 aliphatic heterocycles. The molecule has 3 aliphatic rings. The van der Waals surface area contributed by atoms with Crippen LogP contribution in [0.5, 0.6) is 0 Å². The highest BCUT2D eigenvalue weighted by Crippen LogP contribution is 2.29. The van der Waals surface area contributed by atoms with Crippen LogP contribution in [0.1, 0.15) is 43.5 Å². The maximum absolute atomic E-state index is 12.4. The lowest BCUT2D eigenvalue weighted by Gasteiger charge is -2.34. The van der Waals surface area contributed by atoms with Gasteiger partial charge in [-0.25, -0.2) is 0 Å². The number of aromatic nitrogens is 2. The summed E-state index contributed by atoms with van der Waals surface area (Å²) in [5.41, 5.74) is 2.26. The predicted molar refractivity (Wildman–Crippen MR) is 85.7 cm³/mol. The van der Waals surface area contributed by atoms with Crippen LogP contribution in [-0.2, 0) is 29.2 Å². The zero-order valence-electron chi connectivity index (χ0n) is 13.7. The van der Waals surface area contributed by atoms with E-state index in [0.29, 0.717) is 17.9 Å². The molecule has 0 aromatic carbocycles. The van der Waals surface area contributed by atoms with E-state index in [-0.39, 0.29) is 0 Å². The van der Waals surface area contributed by atoms with Gasteiger partial charge < -0.3 is 15.0 Å². The molecule has 1 N–H and O–H groups in total. The Morgan fingerprint density at radius 2 is 2.09 bits per heavy atom. The number of fused-ring (bicyclic) bond motifs is 1. The molecular formula is C17H26N4O2. The van der Waals surface area contributed by atoms with Crippen molar-refractivity contribution in [2.24, 2.45) is 5.92 Å². The van der Waals surface area contributed by atoms with Gasteiger partial charge in [-0.2, -0.15) is 5.10 Å². The number of hydrogen-bond donors (Lipinski definition) is 1. The lowest BCUT2D eigenvalue weighted by molar-refractivity contribution is -0.139. The average molecular weight is 318 g/mol. The van der Waals surface area contributed by atoms with Crippen LogP contribution in [0.4, 0.5) is 0 Å². The van der Waals surface area contributed by atoms with Gasteiger partial charge in [-0.3, -0.25) is 9.48 Å². The zero-order chi connectivity index (χ0) is 15.6. The van der Waals surface area contributed by atoms with E-state index >= 15 is 0 Å². The van der Waals surface area contributed by atoms with Gasteiger partial charge in [-0.05, 0) is 31.7 Å². The van der Waals surface area contributed by atoms with Crippen LogP contribution >= 0.6 is 0 Å². The average Bonchev–Trinajstić information content (AvgIpc) is 2.94. The highest BCUT2D eigenvalue weighted by molar-refractivity contribution is 5.79. The Kier molecular flexibility index (Phi) is 4.35. The third-order valence-electron chi connectivity index (χ3n) is 5.41. The van der Waals surface area contributed by atoms with Gasteiger partial charge in [0, 0.05) is 38.3 Å². The summed E-state index contributed by atoms with van der Waals surface area (Å²) in [6.45, 7) is 4.87. The molecule has 0 unspecified atom stereocenters. The molecule has 126 valence electrons. The second kappa shape index (κ2) is 6.61. The topological polar surface area (TPSA) is 59.4 Å². The highest BCUT2D eigenvalue weighted by atomic mass is 16.5. The Hall–Kier alpha value is -1.40. The quantitative estimate of drug-likeness (QED) is 0.909. The maximum atomic E-state index is 12.4. The van der Waals surface area contributed by atoms with Crippen molar-refractivity contribution in [2.45, 2.75) is 57.8 Å². The first-order valence-corrected chi connectivity index (χ1v) is 8.95. The molecule has 0 bridgehead atoms. The van der Waals surface area contributed by atoms with E-state index in [1.54, 1.807) is 0 Å². The minimum atomic E-state index is 0.291. The molecule has 6 heteroatoms. The summed E-state index contributed by atoms with van der Waals surface area (Å²) in [6, 6.07) is 2.70. The lowest BCUT2D eigenvalue weighted by atomic mass is 9.84. The van der Waals surface area contributed by atoms with Crippen molar-refractivity contribution in [3.63, 3.8) is 0 Å². The molecule has 1 aromatic rings. The van der Waals surface area contributed by atoms with Gasteiger partial charge >= 0.3 is 0 Å². The number of nitrogens with zero attached hydrogens (tertiary/aromatic N) is 3. The van der Waals surface area contributed by atoms with E-state index in [1.165, 1.54) is 12.1 Å². The zero-order valence-corrected chi connectivity index (χ0v) is 13.7. The first kappa shape index (κ1) is 15.1. The molecule has 6 nitrogen and oxygen atoms in total. The molecule has 1 saturated carbocycles. The molecule has 2 fully saturated rings. The Balaban J connectivity index is 1.34. The molecule has 0 radical (unpaired) electrons. The third-order valence-corrected chi connectivity index (χ3v) is 5.41. The highest BCUT2D eigenvalue weighted by Gasteiger charge is 2.31. The molecule has 0 atom stereocenters. The monoisotopic (exact) mass is 318 g/mol. The number of carbonyl (C=O) groups excluding carboxylic acids is 1. The molecule has 1 aromatic heterocycles. The van der Waals surface area contributed by atoms with E-state index in [1.807, 2.05) is 4.90 Å². The van der Waals surface area contributed by atoms with E-state index in [9.17, 15) is 4.79 Å². The number of hydrogen-bond acceptors (Lipinski definition) is 4. The molecule has 1 aliphatic carbocycles. The lowest BCUT2D eigenvalue weighted by Crippen LogP contribution is -2.43. The van der Waals surface area contributed by atoms with Gasteiger partial charge in [-0.15, -0.1) is 0 Å². The fourth-order valence-corrected chi connectivity index (χ4v) is 3.66. The minimum Gasteiger partial charge on any atom is -0.381 e. The van der Waals surface area contributed by atoms with Crippen molar-refractivity contribution in [3.8, 4) is 0 Å². The summed E-state index contributed by atoms with van der Waals surface area (Å²) in [5.74, 6) is 0.643. The summed E-state index contributed by atoms with van der Waals surface area (Å²) in [4.78, 5) is 14.4. The van der Waals surface area contributed by atoms with E-state index in [0.717, 1.165) is 70.8 Å². The predicted octanol–water partition coefficient (Wildman–Crippen LogP) is 1.29. The maximum Gasteiger partial charge on any atom is 0.226 e. The van der Waals surface area contributed by atoms with Crippen LogP contribution in [0, 0.1) is 5.92 Å². The molecule has 1 amide bonds. The first-order chi connectivity index (χ1) is 11.3. The van der Waals surface area contributed by atoms with E-state index in [2.05, 4.69) is 16.1 Å². The van der Waals surface area contributed by atoms with Crippen LogP contribution in [0.25, 0.3) is 0 Å².